The minimum Gasteiger partial charge on any atom is -0.462 e. The lowest BCUT2D eigenvalue weighted by atomic mass is 10.1. The highest BCUT2D eigenvalue weighted by molar-refractivity contribution is 6.09. The van der Waals surface area contributed by atoms with Gasteiger partial charge >= 0.3 is 5.97 Å². The topological polar surface area (TPSA) is 99.2 Å². The number of nitrogens with zero attached hydrogens (tertiary/aromatic N) is 3. The van der Waals surface area contributed by atoms with Crippen LogP contribution in [0.5, 0.6) is 0 Å². The molecule has 33 heavy (non-hydrogen) atoms. The molecule has 2 aromatic carbocycles. The molecule has 0 saturated heterocycles. The van der Waals surface area contributed by atoms with Crippen LogP contribution >= 0.6 is 0 Å². The summed E-state index contributed by atoms with van der Waals surface area (Å²) in [7, 11) is 0. The van der Waals surface area contributed by atoms with Crippen molar-refractivity contribution in [3.8, 4) is 5.82 Å². The predicted octanol–water partition coefficient (Wildman–Crippen LogP) is 4.90. The maximum absolute atomic E-state index is 13.2. The van der Waals surface area contributed by atoms with Gasteiger partial charge in [0.25, 0.3) is 5.91 Å². The van der Waals surface area contributed by atoms with Crippen molar-refractivity contribution in [2.24, 2.45) is 0 Å². The fraction of sp³-hybridized carbons (Fsp3) is 0.120. The third-order valence-corrected chi connectivity index (χ3v) is 5.35. The van der Waals surface area contributed by atoms with Crippen molar-refractivity contribution in [1.29, 1.82) is 0 Å². The lowest BCUT2D eigenvalue weighted by Crippen LogP contribution is -2.18. The number of esters is 1. The molecule has 8 heteroatoms. The average molecular weight is 440 g/mol. The van der Waals surface area contributed by atoms with Crippen LogP contribution in [0, 0.1) is 6.92 Å². The quantitative estimate of drug-likeness (QED) is 0.390. The highest BCUT2D eigenvalue weighted by atomic mass is 16.5. The van der Waals surface area contributed by atoms with Crippen LogP contribution in [0.3, 0.4) is 0 Å². The fourth-order valence-corrected chi connectivity index (χ4v) is 3.73. The van der Waals surface area contributed by atoms with E-state index in [1.165, 1.54) is 10.9 Å². The number of para-hydroxylation sites is 2. The molecule has 164 valence electrons. The number of amides is 1. The lowest BCUT2D eigenvalue weighted by molar-refractivity contribution is 0.0527. The van der Waals surface area contributed by atoms with Crippen LogP contribution in [0.15, 0.2) is 71.3 Å². The number of rotatable bonds is 5. The molecule has 5 rings (SSSR count). The maximum atomic E-state index is 13.2. The van der Waals surface area contributed by atoms with Gasteiger partial charge in [-0.15, -0.1) is 0 Å². The van der Waals surface area contributed by atoms with E-state index in [1.54, 1.807) is 19.1 Å². The van der Waals surface area contributed by atoms with E-state index >= 15 is 0 Å². The van der Waals surface area contributed by atoms with Crippen molar-refractivity contribution in [1.82, 2.24) is 14.8 Å². The van der Waals surface area contributed by atoms with Gasteiger partial charge in [-0.3, -0.25) is 4.79 Å². The van der Waals surface area contributed by atoms with Crippen molar-refractivity contribution < 1.29 is 18.7 Å². The Kier molecular flexibility index (Phi) is 5.10. The SMILES string of the molecule is CCOC(=O)c1cnn(-c2ccc3ccccc3n2)c1NC(=O)c1oc2ccccc2c1C. The number of aryl methyl sites for hydroxylation is 1. The van der Waals surface area contributed by atoms with E-state index in [0.29, 0.717) is 17.0 Å². The summed E-state index contributed by atoms with van der Waals surface area (Å²) in [5, 5.41) is 8.91. The van der Waals surface area contributed by atoms with Crippen molar-refractivity contribution in [2.45, 2.75) is 13.8 Å². The molecular formula is C25H20N4O4. The molecule has 0 aliphatic heterocycles. The molecule has 1 N–H and O–H groups in total. The first kappa shape index (κ1) is 20.4. The summed E-state index contributed by atoms with van der Waals surface area (Å²) in [6.45, 7) is 3.72. The van der Waals surface area contributed by atoms with E-state index in [-0.39, 0.29) is 23.7 Å². The van der Waals surface area contributed by atoms with E-state index in [9.17, 15) is 9.59 Å². The van der Waals surface area contributed by atoms with Crippen molar-refractivity contribution in [3.63, 3.8) is 0 Å². The molecule has 3 heterocycles. The molecule has 5 aromatic rings. The number of hydrogen-bond acceptors (Lipinski definition) is 6. The number of hydrogen-bond donors (Lipinski definition) is 1. The largest absolute Gasteiger partial charge is 0.462 e. The lowest BCUT2D eigenvalue weighted by Gasteiger charge is -2.10. The number of benzene rings is 2. The van der Waals surface area contributed by atoms with Gasteiger partial charge in [0.1, 0.15) is 11.1 Å². The number of furan rings is 1. The monoisotopic (exact) mass is 440 g/mol. The van der Waals surface area contributed by atoms with Crippen LogP contribution in [0.2, 0.25) is 0 Å². The van der Waals surface area contributed by atoms with Gasteiger partial charge < -0.3 is 14.5 Å². The summed E-state index contributed by atoms with van der Waals surface area (Å²) in [6.07, 6.45) is 1.36. The Labute approximate surface area is 188 Å². The summed E-state index contributed by atoms with van der Waals surface area (Å²) in [6, 6.07) is 18.7. The van der Waals surface area contributed by atoms with Gasteiger partial charge in [-0.2, -0.15) is 9.78 Å². The van der Waals surface area contributed by atoms with E-state index in [1.807, 2.05) is 55.5 Å². The first-order valence-corrected chi connectivity index (χ1v) is 10.5. The van der Waals surface area contributed by atoms with E-state index in [0.717, 1.165) is 16.3 Å². The number of carbonyl (C=O) groups excluding carboxylic acids is 2. The normalized spacial score (nSPS) is 11.1. The van der Waals surface area contributed by atoms with Gasteiger partial charge in [-0.1, -0.05) is 36.4 Å². The molecule has 3 aromatic heterocycles. The Bertz CT molecular complexity index is 1520. The Morgan fingerprint density at radius 1 is 1.06 bits per heavy atom. The van der Waals surface area contributed by atoms with Gasteiger partial charge in [-0.05, 0) is 38.1 Å². The molecular weight excluding hydrogens is 420 g/mol. The molecule has 0 bridgehead atoms. The van der Waals surface area contributed by atoms with Crippen LogP contribution in [-0.4, -0.2) is 33.2 Å². The molecule has 0 aliphatic carbocycles. The van der Waals surface area contributed by atoms with Crippen LogP contribution in [0.1, 0.15) is 33.4 Å². The van der Waals surface area contributed by atoms with Gasteiger partial charge in [0.2, 0.25) is 0 Å². The van der Waals surface area contributed by atoms with Crippen molar-refractivity contribution in [2.75, 3.05) is 11.9 Å². The van der Waals surface area contributed by atoms with Crippen molar-refractivity contribution >= 4 is 39.6 Å². The summed E-state index contributed by atoms with van der Waals surface area (Å²) in [5.41, 5.74) is 2.19. The molecule has 0 saturated carbocycles. The summed E-state index contributed by atoms with van der Waals surface area (Å²) >= 11 is 0. The zero-order chi connectivity index (χ0) is 22.9. The number of fused-ring (bicyclic) bond motifs is 2. The highest BCUT2D eigenvalue weighted by Crippen LogP contribution is 2.27. The second-order valence-electron chi connectivity index (χ2n) is 7.41. The van der Waals surface area contributed by atoms with Crippen LogP contribution in [0.25, 0.3) is 27.7 Å². The minimum atomic E-state index is -0.596. The summed E-state index contributed by atoms with van der Waals surface area (Å²) in [5.74, 6) is -0.342. The molecule has 0 radical (unpaired) electrons. The van der Waals surface area contributed by atoms with E-state index < -0.39 is 11.9 Å². The third-order valence-electron chi connectivity index (χ3n) is 5.35. The first-order chi connectivity index (χ1) is 16.1. The zero-order valence-electron chi connectivity index (χ0n) is 18.0. The van der Waals surface area contributed by atoms with Gasteiger partial charge in [-0.25, -0.2) is 9.78 Å². The Morgan fingerprint density at radius 3 is 2.67 bits per heavy atom. The Balaban J connectivity index is 1.59. The van der Waals surface area contributed by atoms with E-state index in [2.05, 4.69) is 15.4 Å². The molecule has 0 fully saturated rings. The Morgan fingerprint density at radius 2 is 1.85 bits per heavy atom. The van der Waals surface area contributed by atoms with Crippen LogP contribution in [0.4, 0.5) is 5.82 Å². The number of pyridine rings is 1. The summed E-state index contributed by atoms with van der Waals surface area (Å²) < 4.78 is 12.4. The number of nitrogens with one attached hydrogen (secondary N) is 1. The van der Waals surface area contributed by atoms with Gasteiger partial charge in [0.15, 0.2) is 17.4 Å². The molecule has 0 spiro atoms. The molecule has 0 unspecified atom stereocenters. The standard InChI is InChI=1S/C25H20N4O4/c1-3-32-25(31)18-14-26-29(21-13-12-16-8-4-6-10-19(16)27-21)23(18)28-24(30)22-15(2)17-9-5-7-11-20(17)33-22/h4-14H,3H2,1-2H3,(H,28,30). The van der Waals surface area contributed by atoms with E-state index in [4.69, 9.17) is 9.15 Å². The average Bonchev–Trinajstić information content (AvgIpc) is 3.40. The highest BCUT2D eigenvalue weighted by Gasteiger charge is 2.25. The smallest absolute Gasteiger partial charge is 0.343 e. The maximum Gasteiger partial charge on any atom is 0.343 e. The predicted molar refractivity (Wildman–Crippen MR) is 124 cm³/mol. The second kappa shape index (κ2) is 8.23. The Hall–Kier alpha value is -4.46. The molecule has 0 aliphatic rings. The third kappa shape index (κ3) is 3.61. The second-order valence-corrected chi connectivity index (χ2v) is 7.41. The zero-order valence-corrected chi connectivity index (χ0v) is 18.0. The first-order valence-electron chi connectivity index (χ1n) is 10.5. The van der Waals surface area contributed by atoms with Crippen molar-refractivity contribution in [3.05, 3.63) is 83.7 Å². The van der Waals surface area contributed by atoms with Crippen LogP contribution in [-0.2, 0) is 4.74 Å². The minimum absolute atomic E-state index is 0.119. The van der Waals surface area contributed by atoms with Gasteiger partial charge in [0.05, 0.1) is 18.3 Å². The number of carbonyl (C=O) groups is 2. The van der Waals surface area contributed by atoms with Crippen LogP contribution < -0.4 is 5.32 Å². The molecule has 0 atom stereocenters. The molecule has 1 amide bonds. The molecule has 8 nitrogen and oxygen atoms in total. The summed E-state index contributed by atoms with van der Waals surface area (Å²) in [4.78, 5) is 30.4. The van der Waals surface area contributed by atoms with Gasteiger partial charge in [0, 0.05) is 16.3 Å². The number of ether oxygens (including phenoxy) is 1. The number of anilines is 1. The number of aromatic nitrogens is 3. The fourth-order valence-electron chi connectivity index (χ4n) is 3.73.